The van der Waals surface area contributed by atoms with Gasteiger partial charge in [-0.1, -0.05) is 61.8 Å². The molecular formula is C32H36F2N2O2. The lowest BCUT2D eigenvalue weighted by atomic mass is 9.66. The molecule has 3 aliphatic rings. The molecule has 4 nitrogen and oxygen atoms in total. The van der Waals surface area contributed by atoms with Crippen LogP contribution in [-0.4, -0.2) is 29.8 Å². The number of benzene rings is 2. The molecule has 38 heavy (non-hydrogen) atoms. The number of hydrogen-bond donors (Lipinski definition) is 1. The summed E-state index contributed by atoms with van der Waals surface area (Å²) >= 11 is 0. The van der Waals surface area contributed by atoms with Crippen LogP contribution in [0.15, 0.2) is 72.3 Å². The van der Waals surface area contributed by atoms with Crippen LogP contribution in [-0.2, 0) is 9.59 Å². The number of carbonyl (C=O) groups is 2. The van der Waals surface area contributed by atoms with Crippen LogP contribution in [0.4, 0.5) is 8.78 Å². The molecule has 200 valence electrons. The maximum Gasteiger partial charge on any atom is 0.253 e. The Morgan fingerprint density at radius 1 is 1.00 bits per heavy atom. The maximum absolute atomic E-state index is 13.7. The summed E-state index contributed by atoms with van der Waals surface area (Å²) in [5.74, 6) is 0.215. The summed E-state index contributed by atoms with van der Waals surface area (Å²) in [6.07, 6.45) is 12.3. The molecule has 1 saturated heterocycles. The highest BCUT2D eigenvalue weighted by Gasteiger charge is 2.45. The first kappa shape index (κ1) is 26.3. The molecule has 0 radical (unpaired) electrons. The van der Waals surface area contributed by atoms with Gasteiger partial charge in [-0.25, -0.2) is 8.78 Å². The zero-order chi connectivity index (χ0) is 26.7. The minimum Gasteiger partial charge on any atom is -0.349 e. The van der Waals surface area contributed by atoms with Gasteiger partial charge in [-0.05, 0) is 73.9 Å². The Hall–Kier alpha value is -3.28. The van der Waals surface area contributed by atoms with Crippen molar-refractivity contribution in [2.75, 3.05) is 13.1 Å². The van der Waals surface area contributed by atoms with Gasteiger partial charge in [0.15, 0.2) is 0 Å². The van der Waals surface area contributed by atoms with Crippen LogP contribution < -0.4 is 5.32 Å². The molecule has 1 aliphatic heterocycles. The Morgan fingerprint density at radius 3 is 2.18 bits per heavy atom. The molecule has 2 aromatic rings. The van der Waals surface area contributed by atoms with Gasteiger partial charge in [0.25, 0.3) is 5.91 Å². The van der Waals surface area contributed by atoms with Crippen LogP contribution >= 0.6 is 0 Å². The Labute approximate surface area is 223 Å². The fourth-order valence-electron chi connectivity index (χ4n) is 6.01. The molecule has 2 fully saturated rings. The molecule has 1 unspecified atom stereocenters. The average Bonchev–Trinajstić information content (AvgIpc) is 2.91. The minimum atomic E-state index is -0.485. The number of halogens is 2. The van der Waals surface area contributed by atoms with Gasteiger partial charge < -0.3 is 10.2 Å². The smallest absolute Gasteiger partial charge is 0.253 e. The third-order valence-electron chi connectivity index (χ3n) is 8.76. The van der Waals surface area contributed by atoms with Crippen molar-refractivity contribution in [2.45, 2.75) is 63.8 Å². The van der Waals surface area contributed by atoms with E-state index >= 15 is 0 Å². The summed E-state index contributed by atoms with van der Waals surface area (Å²) in [6, 6.07) is 12.6. The first-order chi connectivity index (χ1) is 18.3. The van der Waals surface area contributed by atoms with E-state index in [1.165, 1.54) is 30.7 Å². The van der Waals surface area contributed by atoms with Gasteiger partial charge in [0.05, 0.1) is 11.5 Å². The zero-order valence-corrected chi connectivity index (χ0v) is 22.0. The van der Waals surface area contributed by atoms with E-state index in [9.17, 15) is 18.4 Å². The standard InChI is InChI=1S/C32H36F2N2O2/c1-22(24-9-13-28(33)14-10-24)35-31(38)32(21-23-3-2-4-23)17-19-36(20-18-32)30(37)27-7-5-25(6-8-27)26-11-15-29(34)16-12-26/h5,7-16,22-23,25H,2-4,6,17-21H2,1H3,(H,35,38)/t22-,25?/m0/s1. The largest absolute Gasteiger partial charge is 0.349 e. The zero-order valence-electron chi connectivity index (χ0n) is 22.0. The third kappa shape index (κ3) is 5.74. The summed E-state index contributed by atoms with van der Waals surface area (Å²) < 4.78 is 26.6. The summed E-state index contributed by atoms with van der Waals surface area (Å²) in [7, 11) is 0. The Kier molecular flexibility index (Phi) is 7.78. The van der Waals surface area contributed by atoms with Crippen LogP contribution in [0.25, 0.3) is 0 Å². The number of likely N-dealkylation sites (tertiary alicyclic amines) is 1. The highest BCUT2D eigenvalue weighted by Crippen LogP contribution is 2.44. The monoisotopic (exact) mass is 518 g/mol. The van der Waals surface area contributed by atoms with Crippen molar-refractivity contribution < 1.29 is 18.4 Å². The van der Waals surface area contributed by atoms with Gasteiger partial charge in [0.1, 0.15) is 11.6 Å². The van der Waals surface area contributed by atoms with Crippen LogP contribution in [0.2, 0.25) is 0 Å². The number of rotatable bonds is 7. The molecule has 1 N–H and O–H groups in total. The normalized spacial score (nSPS) is 21.8. The van der Waals surface area contributed by atoms with E-state index in [1.54, 1.807) is 24.3 Å². The Morgan fingerprint density at radius 2 is 1.63 bits per heavy atom. The highest BCUT2D eigenvalue weighted by molar-refractivity contribution is 5.96. The molecule has 1 heterocycles. The van der Waals surface area contributed by atoms with Crippen molar-refractivity contribution in [3.63, 3.8) is 0 Å². The number of allylic oxidation sites excluding steroid dienone is 2. The Bertz CT molecular complexity index is 1210. The van der Waals surface area contributed by atoms with Crippen molar-refractivity contribution in [1.29, 1.82) is 0 Å². The second-order valence-corrected chi connectivity index (χ2v) is 11.2. The quantitative estimate of drug-likeness (QED) is 0.448. The summed E-state index contributed by atoms with van der Waals surface area (Å²) in [6.45, 7) is 3.04. The molecule has 2 aromatic carbocycles. The summed E-state index contributed by atoms with van der Waals surface area (Å²) in [5, 5.41) is 3.20. The first-order valence-corrected chi connectivity index (χ1v) is 13.8. The number of carbonyl (C=O) groups excluding carboxylic acids is 2. The molecular weight excluding hydrogens is 482 g/mol. The molecule has 0 bridgehead atoms. The molecule has 2 aliphatic carbocycles. The molecule has 2 atom stereocenters. The topological polar surface area (TPSA) is 49.4 Å². The van der Waals surface area contributed by atoms with Gasteiger partial charge in [-0.15, -0.1) is 0 Å². The maximum atomic E-state index is 13.7. The number of nitrogens with one attached hydrogen (secondary N) is 1. The lowest BCUT2D eigenvalue weighted by Gasteiger charge is -2.44. The minimum absolute atomic E-state index is 0.0103. The second kappa shape index (κ2) is 11.2. The van der Waals surface area contributed by atoms with Gasteiger partial charge in [-0.2, -0.15) is 0 Å². The van der Waals surface area contributed by atoms with E-state index in [1.807, 2.05) is 30.1 Å². The van der Waals surface area contributed by atoms with E-state index in [2.05, 4.69) is 5.32 Å². The van der Waals surface area contributed by atoms with Crippen molar-refractivity contribution in [2.24, 2.45) is 11.3 Å². The number of amides is 2. The molecule has 0 aromatic heterocycles. The van der Waals surface area contributed by atoms with Gasteiger partial charge in [-0.3, -0.25) is 9.59 Å². The van der Waals surface area contributed by atoms with Crippen LogP contribution in [0.3, 0.4) is 0 Å². The number of hydrogen-bond acceptors (Lipinski definition) is 2. The fraction of sp³-hybridized carbons (Fsp3) is 0.438. The SMILES string of the molecule is C[C@H](NC(=O)C1(CC2CCC2)CCN(C(=O)C2=CCC(c3ccc(F)cc3)C=C2)CC1)c1ccc(F)cc1. The van der Waals surface area contributed by atoms with Crippen molar-refractivity contribution in [3.8, 4) is 0 Å². The van der Waals surface area contributed by atoms with Crippen LogP contribution in [0.1, 0.15) is 75.0 Å². The summed E-state index contributed by atoms with van der Waals surface area (Å²) in [5.41, 5.74) is 2.11. The highest BCUT2D eigenvalue weighted by atomic mass is 19.1. The first-order valence-electron chi connectivity index (χ1n) is 13.8. The molecule has 6 heteroatoms. The second-order valence-electron chi connectivity index (χ2n) is 11.2. The van der Waals surface area contributed by atoms with E-state index in [-0.39, 0.29) is 35.4 Å². The van der Waals surface area contributed by atoms with Gasteiger partial charge in [0, 0.05) is 24.6 Å². The third-order valence-corrected chi connectivity index (χ3v) is 8.76. The van der Waals surface area contributed by atoms with E-state index in [0.717, 1.165) is 30.4 Å². The fourth-order valence-corrected chi connectivity index (χ4v) is 6.01. The molecule has 1 saturated carbocycles. The van der Waals surface area contributed by atoms with Gasteiger partial charge in [0.2, 0.25) is 5.91 Å². The van der Waals surface area contributed by atoms with Crippen molar-refractivity contribution >= 4 is 11.8 Å². The Balaban J connectivity index is 1.22. The number of nitrogens with zero attached hydrogens (tertiary/aromatic N) is 1. The number of piperidine rings is 1. The predicted molar refractivity (Wildman–Crippen MR) is 144 cm³/mol. The van der Waals surface area contributed by atoms with Crippen LogP contribution in [0, 0.1) is 23.0 Å². The van der Waals surface area contributed by atoms with Gasteiger partial charge >= 0.3 is 0 Å². The average molecular weight is 519 g/mol. The van der Waals surface area contributed by atoms with Crippen molar-refractivity contribution in [3.05, 3.63) is 95.1 Å². The lowest BCUT2D eigenvalue weighted by Crippen LogP contribution is -2.51. The molecule has 5 rings (SSSR count). The van der Waals surface area contributed by atoms with E-state index in [0.29, 0.717) is 43.8 Å². The molecule has 0 spiro atoms. The summed E-state index contributed by atoms with van der Waals surface area (Å²) in [4.78, 5) is 28.9. The predicted octanol–water partition coefficient (Wildman–Crippen LogP) is 6.61. The lowest BCUT2D eigenvalue weighted by molar-refractivity contribution is -0.141. The van der Waals surface area contributed by atoms with Crippen molar-refractivity contribution in [1.82, 2.24) is 10.2 Å². The molecule has 2 amide bonds. The van der Waals surface area contributed by atoms with E-state index in [4.69, 9.17) is 0 Å². The van der Waals surface area contributed by atoms with E-state index < -0.39 is 5.41 Å². The van der Waals surface area contributed by atoms with Crippen LogP contribution in [0.5, 0.6) is 0 Å².